The van der Waals surface area contributed by atoms with Gasteiger partial charge in [-0.3, -0.25) is 14.4 Å². The number of rotatable bonds is 9. The molecule has 8 nitrogen and oxygen atoms in total. The van der Waals surface area contributed by atoms with E-state index in [0.717, 1.165) is 5.56 Å². The Morgan fingerprint density at radius 2 is 1.57 bits per heavy atom. The van der Waals surface area contributed by atoms with Gasteiger partial charge in [-0.05, 0) is 54.1 Å². The fourth-order valence-corrected chi connectivity index (χ4v) is 3.78. The van der Waals surface area contributed by atoms with Crippen LogP contribution in [0.4, 0.5) is 11.4 Å². The number of carbonyl (C=O) groups is 3. The van der Waals surface area contributed by atoms with Crippen molar-refractivity contribution >= 4 is 45.1 Å². The van der Waals surface area contributed by atoms with Crippen LogP contribution < -0.4 is 19.7 Å². The second kappa shape index (κ2) is 12.0. The number of benzene rings is 3. The molecule has 0 spiro atoms. The number of carbonyl (C=O) groups excluding carboxylic acids is 3. The average Bonchev–Trinajstić information content (AvgIpc) is 2.91. The molecule has 0 radical (unpaired) electrons. The van der Waals surface area contributed by atoms with Crippen molar-refractivity contribution in [2.24, 2.45) is 0 Å². The summed E-state index contributed by atoms with van der Waals surface area (Å²) >= 11 is 3.13. The van der Waals surface area contributed by atoms with Gasteiger partial charge in [0.2, 0.25) is 0 Å². The molecule has 3 rings (SSSR count). The van der Waals surface area contributed by atoms with Crippen LogP contribution in [0.15, 0.2) is 72.8 Å². The molecule has 1 atom stereocenters. The maximum atomic E-state index is 13.4. The van der Waals surface area contributed by atoms with Gasteiger partial charge in [0.05, 0.1) is 39.1 Å². The monoisotopic (exact) mass is 540 g/mol. The molecule has 0 heterocycles. The van der Waals surface area contributed by atoms with E-state index in [1.165, 1.54) is 12.0 Å². The zero-order valence-corrected chi connectivity index (χ0v) is 21.1. The minimum Gasteiger partial charge on any atom is -0.497 e. The number of hydrogen-bond acceptors (Lipinski definition) is 6. The molecule has 0 saturated carbocycles. The van der Waals surface area contributed by atoms with Gasteiger partial charge < -0.3 is 24.4 Å². The largest absolute Gasteiger partial charge is 0.497 e. The number of esters is 1. The summed E-state index contributed by atoms with van der Waals surface area (Å²) in [5.41, 5.74) is 1.89. The second-order valence-corrected chi connectivity index (χ2v) is 8.28. The molecular formula is C26H25BrN2O6. The molecule has 0 bridgehead atoms. The zero-order chi connectivity index (χ0) is 25.4. The molecule has 35 heavy (non-hydrogen) atoms. The van der Waals surface area contributed by atoms with E-state index in [1.54, 1.807) is 80.9 Å². The molecule has 0 saturated heterocycles. The lowest BCUT2D eigenvalue weighted by atomic mass is 10.1. The lowest BCUT2D eigenvalue weighted by Crippen LogP contribution is -2.41. The smallest absolute Gasteiger partial charge is 0.329 e. The number of methoxy groups -OCH3 is 3. The van der Waals surface area contributed by atoms with E-state index in [0.29, 0.717) is 22.9 Å². The Bertz CT molecular complexity index is 1200. The first-order valence-corrected chi connectivity index (χ1v) is 11.5. The number of amides is 2. The summed E-state index contributed by atoms with van der Waals surface area (Å²) in [7, 11) is 4.31. The Hall–Kier alpha value is -3.85. The first-order valence-electron chi connectivity index (χ1n) is 10.6. The number of ether oxygens (including phenoxy) is 3. The van der Waals surface area contributed by atoms with Crippen LogP contribution in [0.2, 0.25) is 0 Å². The summed E-state index contributed by atoms with van der Waals surface area (Å²) in [6.07, 6.45) is 0. The zero-order valence-electron chi connectivity index (χ0n) is 19.5. The van der Waals surface area contributed by atoms with E-state index in [1.807, 2.05) is 6.07 Å². The first-order chi connectivity index (χ1) is 16.9. The number of anilines is 2. The molecule has 0 aliphatic carbocycles. The molecule has 0 aromatic heterocycles. The highest BCUT2D eigenvalue weighted by Gasteiger charge is 2.32. The summed E-state index contributed by atoms with van der Waals surface area (Å²) in [6, 6.07) is 20.7. The van der Waals surface area contributed by atoms with Crippen molar-refractivity contribution in [1.29, 1.82) is 0 Å². The van der Waals surface area contributed by atoms with E-state index in [4.69, 9.17) is 14.2 Å². The fourth-order valence-electron chi connectivity index (χ4n) is 3.35. The quantitative estimate of drug-likeness (QED) is 0.245. The maximum Gasteiger partial charge on any atom is 0.329 e. The number of hydrogen-bond donors (Lipinski definition) is 1. The van der Waals surface area contributed by atoms with Crippen LogP contribution in [0.25, 0.3) is 0 Å². The second-order valence-electron chi connectivity index (χ2n) is 7.36. The lowest BCUT2D eigenvalue weighted by Gasteiger charge is -2.27. The van der Waals surface area contributed by atoms with E-state index >= 15 is 0 Å². The number of nitrogens with zero attached hydrogens (tertiary/aromatic N) is 1. The van der Waals surface area contributed by atoms with Gasteiger partial charge in [-0.1, -0.05) is 40.2 Å². The van der Waals surface area contributed by atoms with Crippen LogP contribution in [0, 0.1) is 0 Å². The summed E-state index contributed by atoms with van der Waals surface area (Å²) in [5.74, 6) is -0.470. The Balaban J connectivity index is 1.99. The molecule has 0 aliphatic heterocycles. The summed E-state index contributed by atoms with van der Waals surface area (Å²) in [4.78, 5) is 38.9. The number of halogens is 1. The van der Waals surface area contributed by atoms with Crippen molar-refractivity contribution < 1.29 is 28.6 Å². The highest BCUT2D eigenvalue weighted by Crippen LogP contribution is 2.27. The molecule has 2 amide bonds. The van der Waals surface area contributed by atoms with E-state index < -0.39 is 22.6 Å². The molecule has 3 aromatic rings. The van der Waals surface area contributed by atoms with Crippen LogP contribution in [-0.2, 0) is 20.9 Å². The van der Waals surface area contributed by atoms with Crippen LogP contribution in [-0.4, -0.2) is 43.9 Å². The van der Waals surface area contributed by atoms with Crippen molar-refractivity contribution in [3.8, 4) is 11.5 Å². The molecule has 1 N–H and O–H groups in total. The van der Waals surface area contributed by atoms with E-state index in [9.17, 15) is 14.4 Å². The van der Waals surface area contributed by atoms with Gasteiger partial charge in [0.25, 0.3) is 11.8 Å². The molecule has 0 fully saturated rings. The van der Waals surface area contributed by atoms with Gasteiger partial charge in [-0.15, -0.1) is 0 Å². The SMILES string of the molecule is COC(=O)C(Br)C(=O)N(Cc1cccc(OC)c1)c1ccccc1C(=O)Nc1ccc(OC)cc1. The fraction of sp³-hybridized carbons (Fsp3) is 0.192. The lowest BCUT2D eigenvalue weighted by molar-refractivity contribution is -0.142. The van der Waals surface area contributed by atoms with Crippen LogP contribution >= 0.6 is 15.9 Å². The standard InChI is InChI=1S/C26H25BrN2O6/c1-33-19-13-11-18(12-14-19)28-24(30)21-9-4-5-10-22(21)29(25(31)23(27)26(32)35-3)16-17-7-6-8-20(15-17)34-2/h4-15,23H,16H2,1-3H3,(H,28,30). The molecule has 0 aliphatic rings. The van der Waals surface area contributed by atoms with Gasteiger partial charge >= 0.3 is 5.97 Å². The van der Waals surface area contributed by atoms with Crippen molar-refractivity contribution in [3.63, 3.8) is 0 Å². The Kier molecular flexibility index (Phi) is 8.86. The van der Waals surface area contributed by atoms with E-state index in [2.05, 4.69) is 21.2 Å². The molecule has 1 unspecified atom stereocenters. The van der Waals surface area contributed by atoms with E-state index in [-0.39, 0.29) is 12.1 Å². The van der Waals surface area contributed by atoms with Crippen LogP contribution in [0.1, 0.15) is 15.9 Å². The number of nitrogens with one attached hydrogen (secondary N) is 1. The van der Waals surface area contributed by atoms with Gasteiger partial charge in [0, 0.05) is 5.69 Å². The van der Waals surface area contributed by atoms with Gasteiger partial charge in [-0.25, -0.2) is 0 Å². The maximum absolute atomic E-state index is 13.4. The molecular weight excluding hydrogens is 516 g/mol. The number of para-hydroxylation sites is 1. The molecule has 9 heteroatoms. The Labute approximate surface area is 211 Å². The van der Waals surface area contributed by atoms with Crippen molar-refractivity contribution in [2.45, 2.75) is 11.4 Å². The van der Waals surface area contributed by atoms with Gasteiger partial charge in [0.15, 0.2) is 4.83 Å². The predicted octanol–water partition coefficient (Wildman–Crippen LogP) is 4.43. The van der Waals surface area contributed by atoms with Crippen molar-refractivity contribution in [3.05, 3.63) is 83.9 Å². The van der Waals surface area contributed by atoms with Gasteiger partial charge in [0.1, 0.15) is 11.5 Å². The van der Waals surface area contributed by atoms with Crippen molar-refractivity contribution in [1.82, 2.24) is 0 Å². The Morgan fingerprint density at radius 3 is 2.23 bits per heavy atom. The third kappa shape index (κ3) is 6.39. The topological polar surface area (TPSA) is 94.2 Å². The van der Waals surface area contributed by atoms with Crippen molar-refractivity contribution in [2.75, 3.05) is 31.5 Å². The average molecular weight is 541 g/mol. The number of alkyl halides is 1. The first kappa shape index (κ1) is 25.8. The Morgan fingerprint density at radius 1 is 0.886 bits per heavy atom. The molecule has 182 valence electrons. The minimum atomic E-state index is -1.25. The normalized spacial score (nSPS) is 11.2. The third-order valence-corrected chi connectivity index (χ3v) is 5.92. The predicted molar refractivity (Wildman–Crippen MR) is 136 cm³/mol. The van der Waals surface area contributed by atoms with Gasteiger partial charge in [-0.2, -0.15) is 0 Å². The summed E-state index contributed by atoms with van der Waals surface area (Å²) < 4.78 is 15.2. The highest BCUT2D eigenvalue weighted by atomic mass is 79.9. The van der Waals surface area contributed by atoms with Crippen LogP contribution in [0.5, 0.6) is 11.5 Å². The summed E-state index contributed by atoms with van der Waals surface area (Å²) in [5, 5.41) is 2.83. The third-order valence-electron chi connectivity index (χ3n) is 5.15. The minimum absolute atomic E-state index is 0.0853. The van der Waals surface area contributed by atoms with Crippen LogP contribution in [0.3, 0.4) is 0 Å². The summed E-state index contributed by atoms with van der Waals surface area (Å²) in [6.45, 7) is 0.0853. The molecule has 3 aromatic carbocycles. The highest BCUT2D eigenvalue weighted by molar-refractivity contribution is 9.10.